The van der Waals surface area contributed by atoms with Gasteiger partial charge in [0.1, 0.15) is 11.2 Å². The number of rotatable bonds is 3. The van der Waals surface area contributed by atoms with Crippen molar-refractivity contribution in [2.45, 2.75) is 19.3 Å². The van der Waals surface area contributed by atoms with Crippen LogP contribution in [0.4, 0.5) is 0 Å². The molecule has 0 saturated carbocycles. The Bertz CT molecular complexity index is 2760. The lowest BCUT2D eigenvalue weighted by molar-refractivity contribution is 0.661. The molecule has 10 rings (SSSR count). The van der Waals surface area contributed by atoms with Crippen LogP contribution in [0.3, 0.4) is 0 Å². The molecule has 0 amide bonds. The molecule has 1 aliphatic rings. The standard InChI is InChI=1S/C44H29N3O/c1-44(2)37-17-8-6-13-30(37)36-25-35-28(24-38(36)44)21-19-26-20-22-29(23-34(26)35)42-45-41(27-11-4-3-5-12-27)46-43(47-42)33-16-10-15-32-31-14-7-9-18-39(31)48-40(32)33/h3-25H,1-2H3. The van der Waals surface area contributed by atoms with Crippen molar-refractivity contribution in [3.63, 3.8) is 0 Å². The fraction of sp³-hybridized carbons (Fsp3) is 0.0682. The molecule has 0 unspecified atom stereocenters. The SMILES string of the molecule is CC1(C)c2ccccc2-c2cc3c(ccc4ccc(-c5nc(-c6ccccc6)nc(-c6cccc7c6oc6ccccc67)n5)cc43)cc21. The first-order chi connectivity index (χ1) is 23.5. The number of para-hydroxylation sites is 2. The molecule has 7 aromatic carbocycles. The molecule has 4 nitrogen and oxygen atoms in total. The molecule has 0 N–H and O–H groups in total. The van der Waals surface area contributed by atoms with E-state index in [-0.39, 0.29) is 5.41 Å². The zero-order chi connectivity index (χ0) is 32.0. The molecule has 1 aliphatic carbocycles. The summed E-state index contributed by atoms with van der Waals surface area (Å²) >= 11 is 0. The summed E-state index contributed by atoms with van der Waals surface area (Å²) < 4.78 is 6.41. The van der Waals surface area contributed by atoms with E-state index < -0.39 is 0 Å². The van der Waals surface area contributed by atoms with Gasteiger partial charge in [-0.3, -0.25) is 0 Å². The number of hydrogen-bond donors (Lipinski definition) is 0. The Hall–Kier alpha value is -6.13. The average Bonchev–Trinajstić information content (AvgIpc) is 3.63. The van der Waals surface area contributed by atoms with Gasteiger partial charge in [0.05, 0.1) is 5.56 Å². The van der Waals surface area contributed by atoms with Gasteiger partial charge in [0.2, 0.25) is 0 Å². The van der Waals surface area contributed by atoms with Gasteiger partial charge in [-0.05, 0) is 74.1 Å². The van der Waals surface area contributed by atoms with Crippen LogP contribution in [-0.4, -0.2) is 15.0 Å². The Morgan fingerprint density at radius 3 is 2.00 bits per heavy atom. The molecular weight excluding hydrogens is 587 g/mol. The molecule has 0 radical (unpaired) electrons. The molecule has 2 heterocycles. The van der Waals surface area contributed by atoms with E-state index in [1.807, 2.05) is 60.7 Å². The van der Waals surface area contributed by atoms with Gasteiger partial charge in [-0.25, -0.2) is 15.0 Å². The Kier molecular flexibility index (Phi) is 5.59. The van der Waals surface area contributed by atoms with Crippen molar-refractivity contribution in [2.24, 2.45) is 0 Å². The highest BCUT2D eigenvalue weighted by Crippen LogP contribution is 2.50. The second kappa shape index (κ2) is 9.93. The van der Waals surface area contributed by atoms with Crippen molar-refractivity contribution in [1.82, 2.24) is 15.0 Å². The van der Waals surface area contributed by atoms with Crippen LogP contribution < -0.4 is 0 Å². The Morgan fingerprint density at radius 2 is 1.10 bits per heavy atom. The number of aromatic nitrogens is 3. The first kappa shape index (κ1) is 27.0. The van der Waals surface area contributed by atoms with Gasteiger partial charge < -0.3 is 4.42 Å². The van der Waals surface area contributed by atoms with E-state index >= 15 is 0 Å². The summed E-state index contributed by atoms with van der Waals surface area (Å²) in [7, 11) is 0. The fourth-order valence-corrected chi connectivity index (χ4v) is 7.65. The first-order valence-corrected chi connectivity index (χ1v) is 16.4. The second-order valence-corrected chi connectivity index (χ2v) is 13.2. The number of benzene rings is 7. The molecule has 48 heavy (non-hydrogen) atoms. The molecule has 2 aromatic heterocycles. The van der Waals surface area contributed by atoms with Crippen LogP contribution in [0.2, 0.25) is 0 Å². The van der Waals surface area contributed by atoms with Gasteiger partial charge in [0.25, 0.3) is 0 Å². The monoisotopic (exact) mass is 615 g/mol. The van der Waals surface area contributed by atoms with Crippen LogP contribution >= 0.6 is 0 Å². The molecule has 226 valence electrons. The van der Waals surface area contributed by atoms with Gasteiger partial charge in [0, 0.05) is 27.3 Å². The summed E-state index contributed by atoms with van der Waals surface area (Å²) in [5, 5.41) is 6.94. The number of nitrogens with zero attached hydrogens (tertiary/aromatic N) is 3. The number of fused-ring (bicyclic) bond motifs is 9. The van der Waals surface area contributed by atoms with E-state index in [4.69, 9.17) is 19.4 Å². The normalized spacial score (nSPS) is 13.4. The van der Waals surface area contributed by atoms with Crippen LogP contribution in [-0.2, 0) is 5.41 Å². The third-order valence-electron chi connectivity index (χ3n) is 10.1. The van der Waals surface area contributed by atoms with Crippen molar-refractivity contribution >= 4 is 43.5 Å². The zero-order valence-electron chi connectivity index (χ0n) is 26.5. The highest BCUT2D eigenvalue weighted by molar-refractivity contribution is 6.11. The topological polar surface area (TPSA) is 51.8 Å². The minimum atomic E-state index is -0.0469. The Morgan fingerprint density at radius 1 is 0.438 bits per heavy atom. The summed E-state index contributed by atoms with van der Waals surface area (Å²) in [6, 6.07) is 49.0. The fourth-order valence-electron chi connectivity index (χ4n) is 7.65. The molecule has 9 aromatic rings. The van der Waals surface area contributed by atoms with Crippen molar-refractivity contribution in [1.29, 1.82) is 0 Å². The van der Waals surface area contributed by atoms with E-state index in [1.165, 1.54) is 43.8 Å². The number of furan rings is 1. The quantitative estimate of drug-likeness (QED) is 0.186. The molecule has 0 spiro atoms. The molecule has 0 fully saturated rings. The zero-order valence-corrected chi connectivity index (χ0v) is 26.5. The largest absolute Gasteiger partial charge is 0.455 e. The van der Waals surface area contributed by atoms with Crippen LogP contribution in [0.1, 0.15) is 25.0 Å². The van der Waals surface area contributed by atoms with E-state index in [0.29, 0.717) is 17.5 Å². The molecule has 0 atom stereocenters. The Labute approximate surface area is 277 Å². The van der Waals surface area contributed by atoms with Gasteiger partial charge in [-0.2, -0.15) is 0 Å². The predicted octanol–water partition coefficient (Wildman–Crippen LogP) is 11.4. The van der Waals surface area contributed by atoms with Gasteiger partial charge >= 0.3 is 0 Å². The maximum absolute atomic E-state index is 6.41. The molecular formula is C44H29N3O. The Balaban J connectivity index is 1.20. The van der Waals surface area contributed by atoms with Gasteiger partial charge in [0.15, 0.2) is 17.5 Å². The van der Waals surface area contributed by atoms with Gasteiger partial charge in [-0.15, -0.1) is 0 Å². The van der Waals surface area contributed by atoms with E-state index in [1.54, 1.807) is 0 Å². The summed E-state index contributed by atoms with van der Waals surface area (Å²) in [4.78, 5) is 15.2. The molecule has 0 aliphatic heterocycles. The third-order valence-corrected chi connectivity index (χ3v) is 10.1. The van der Waals surface area contributed by atoms with Gasteiger partial charge in [-0.1, -0.05) is 123 Å². The molecule has 0 saturated heterocycles. The van der Waals surface area contributed by atoms with E-state index in [0.717, 1.165) is 38.6 Å². The van der Waals surface area contributed by atoms with Crippen molar-refractivity contribution in [3.8, 4) is 45.3 Å². The first-order valence-electron chi connectivity index (χ1n) is 16.4. The van der Waals surface area contributed by atoms with Crippen molar-refractivity contribution in [3.05, 3.63) is 151 Å². The summed E-state index contributed by atoms with van der Waals surface area (Å²) in [5.41, 5.74) is 9.67. The smallest absolute Gasteiger partial charge is 0.167 e. The van der Waals surface area contributed by atoms with E-state index in [9.17, 15) is 0 Å². The highest BCUT2D eigenvalue weighted by atomic mass is 16.3. The lowest BCUT2D eigenvalue weighted by Gasteiger charge is -2.21. The van der Waals surface area contributed by atoms with Crippen molar-refractivity contribution in [2.75, 3.05) is 0 Å². The predicted molar refractivity (Wildman–Crippen MR) is 196 cm³/mol. The third kappa shape index (κ3) is 3.93. The molecule has 0 bridgehead atoms. The summed E-state index contributed by atoms with van der Waals surface area (Å²) in [5.74, 6) is 1.83. The van der Waals surface area contributed by atoms with Crippen LogP contribution in [0.5, 0.6) is 0 Å². The summed E-state index contributed by atoms with van der Waals surface area (Å²) in [6.45, 7) is 4.66. The maximum Gasteiger partial charge on any atom is 0.167 e. The van der Waals surface area contributed by atoms with Crippen LogP contribution in [0.25, 0.3) is 88.8 Å². The lowest BCUT2D eigenvalue weighted by atomic mass is 9.81. The minimum Gasteiger partial charge on any atom is -0.455 e. The summed E-state index contributed by atoms with van der Waals surface area (Å²) in [6.07, 6.45) is 0. The maximum atomic E-state index is 6.41. The minimum absolute atomic E-state index is 0.0469. The van der Waals surface area contributed by atoms with Crippen molar-refractivity contribution < 1.29 is 4.42 Å². The van der Waals surface area contributed by atoms with Crippen LogP contribution in [0.15, 0.2) is 144 Å². The average molecular weight is 616 g/mol. The lowest BCUT2D eigenvalue weighted by Crippen LogP contribution is -2.14. The van der Waals surface area contributed by atoms with Crippen LogP contribution in [0, 0.1) is 0 Å². The van der Waals surface area contributed by atoms with E-state index in [2.05, 4.69) is 92.7 Å². The number of hydrogen-bond acceptors (Lipinski definition) is 4. The highest BCUT2D eigenvalue weighted by Gasteiger charge is 2.35. The second-order valence-electron chi connectivity index (χ2n) is 13.2. The molecule has 4 heteroatoms.